The molecule has 3 heteroatoms. The molecule has 3 nitrogen and oxygen atoms in total. The van der Waals surface area contributed by atoms with Gasteiger partial charge in [0.25, 0.3) is 0 Å². The Morgan fingerprint density at radius 1 is 1.05 bits per heavy atom. The fourth-order valence-electron chi connectivity index (χ4n) is 2.80. The molecule has 1 aliphatic carbocycles. The first kappa shape index (κ1) is 17.7. The Morgan fingerprint density at radius 2 is 1.70 bits per heavy atom. The summed E-state index contributed by atoms with van der Waals surface area (Å²) >= 11 is 0. The summed E-state index contributed by atoms with van der Waals surface area (Å²) in [5, 5.41) is 0. The van der Waals surface area contributed by atoms with E-state index in [1.165, 1.54) is 18.4 Å². The van der Waals surface area contributed by atoms with Crippen LogP contribution in [0.15, 0.2) is 12.2 Å². The molecule has 1 rings (SSSR count). The fraction of sp³-hybridized carbons (Fsp3) is 0.882. The summed E-state index contributed by atoms with van der Waals surface area (Å²) in [6.07, 6.45) is 5.05. The van der Waals surface area contributed by atoms with Crippen molar-refractivity contribution >= 4 is 0 Å². The minimum absolute atomic E-state index is 0.330. The molecule has 0 radical (unpaired) electrons. The van der Waals surface area contributed by atoms with Crippen LogP contribution in [-0.2, 0) is 14.2 Å². The van der Waals surface area contributed by atoms with Crippen molar-refractivity contribution in [2.45, 2.75) is 52.6 Å². The molecule has 3 atom stereocenters. The number of hydrogen-bond acceptors (Lipinski definition) is 3. The minimum Gasteiger partial charge on any atom is -0.379 e. The summed E-state index contributed by atoms with van der Waals surface area (Å²) in [7, 11) is 0. The van der Waals surface area contributed by atoms with Gasteiger partial charge in [0.05, 0.1) is 32.5 Å². The predicted molar refractivity (Wildman–Crippen MR) is 83.0 cm³/mol. The molecule has 0 aliphatic heterocycles. The molecule has 0 aromatic rings. The van der Waals surface area contributed by atoms with Gasteiger partial charge in [0, 0.05) is 12.5 Å². The van der Waals surface area contributed by atoms with Crippen molar-refractivity contribution in [3.63, 3.8) is 0 Å². The van der Waals surface area contributed by atoms with Gasteiger partial charge in [-0.05, 0) is 38.5 Å². The van der Waals surface area contributed by atoms with E-state index in [1.54, 1.807) is 0 Å². The molecule has 0 bridgehead atoms. The zero-order chi connectivity index (χ0) is 14.8. The standard InChI is InChI=1S/C17H32O3/c1-5-8-18-9-10-19-11-12-20-17-13-15(4)6-7-16(17)14(2)3/h15-17H,2,5-13H2,1,3-4H3. The molecule has 0 amide bonds. The molecular formula is C17H32O3. The van der Waals surface area contributed by atoms with E-state index in [0.717, 1.165) is 25.4 Å². The maximum Gasteiger partial charge on any atom is 0.0704 e. The van der Waals surface area contributed by atoms with Gasteiger partial charge < -0.3 is 14.2 Å². The highest BCUT2D eigenvalue weighted by molar-refractivity contribution is 5.02. The summed E-state index contributed by atoms with van der Waals surface area (Å²) < 4.78 is 16.9. The molecule has 0 spiro atoms. The molecule has 0 N–H and O–H groups in total. The highest BCUT2D eigenvalue weighted by atomic mass is 16.5. The van der Waals surface area contributed by atoms with Crippen molar-refractivity contribution in [2.75, 3.05) is 33.0 Å². The van der Waals surface area contributed by atoms with Crippen LogP contribution in [-0.4, -0.2) is 39.1 Å². The zero-order valence-electron chi connectivity index (χ0n) is 13.5. The third-order valence-corrected chi connectivity index (χ3v) is 3.97. The van der Waals surface area contributed by atoms with E-state index < -0.39 is 0 Å². The first-order valence-corrected chi connectivity index (χ1v) is 8.07. The smallest absolute Gasteiger partial charge is 0.0704 e. The van der Waals surface area contributed by atoms with E-state index in [1.807, 2.05) is 0 Å². The first-order valence-electron chi connectivity index (χ1n) is 8.07. The van der Waals surface area contributed by atoms with E-state index in [9.17, 15) is 0 Å². The van der Waals surface area contributed by atoms with Crippen LogP contribution in [0.25, 0.3) is 0 Å². The summed E-state index contributed by atoms with van der Waals surface area (Å²) in [4.78, 5) is 0. The van der Waals surface area contributed by atoms with Crippen molar-refractivity contribution in [2.24, 2.45) is 11.8 Å². The van der Waals surface area contributed by atoms with Crippen molar-refractivity contribution in [3.8, 4) is 0 Å². The Kier molecular flexibility index (Phi) is 9.16. The average Bonchev–Trinajstić information content (AvgIpc) is 2.41. The normalized spacial score (nSPS) is 26.6. The minimum atomic E-state index is 0.330. The van der Waals surface area contributed by atoms with E-state index in [-0.39, 0.29) is 0 Å². The molecule has 0 saturated heterocycles. The predicted octanol–water partition coefficient (Wildman–Crippen LogP) is 3.83. The summed E-state index contributed by atoms with van der Waals surface area (Å²) in [6, 6.07) is 0. The van der Waals surface area contributed by atoms with E-state index >= 15 is 0 Å². The molecule has 1 saturated carbocycles. The monoisotopic (exact) mass is 284 g/mol. The van der Waals surface area contributed by atoms with Crippen molar-refractivity contribution in [1.29, 1.82) is 0 Å². The zero-order valence-corrected chi connectivity index (χ0v) is 13.5. The summed E-state index contributed by atoms with van der Waals surface area (Å²) in [5.41, 5.74) is 1.26. The topological polar surface area (TPSA) is 27.7 Å². The second kappa shape index (κ2) is 10.4. The number of rotatable bonds is 10. The lowest BCUT2D eigenvalue weighted by Crippen LogP contribution is -2.32. The molecule has 3 unspecified atom stereocenters. The van der Waals surface area contributed by atoms with Gasteiger partial charge in [0.15, 0.2) is 0 Å². The Morgan fingerprint density at radius 3 is 2.35 bits per heavy atom. The van der Waals surface area contributed by atoms with Crippen LogP contribution >= 0.6 is 0 Å². The van der Waals surface area contributed by atoms with E-state index in [0.29, 0.717) is 38.4 Å². The molecule has 20 heavy (non-hydrogen) atoms. The molecule has 0 aromatic heterocycles. The van der Waals surface area contributed by atoms with Crippen molar-refractivity contribution in [1.82, 2.24) is 0 Å². The van der Waals surface area contributed by atoms with Gasteiger partial charge >= 0.3 is 0 Å². The summed E-state index contributed by atoms with van der Waals surface area (Å²) in [5.74, 6) is 1.29. The lowest BCUT2D eigenvalue weighted by molar-refractivity contribution is -0.0448. The molecule has 0 heterocycles. The van der Waals surface area contributed by atoms with Gasteiger partial charge in [0.1, 0.15) is 0 Å². The molecule has 118 valence electrons. The molecule has 0 aromatic carbocycles. The van der Waals surface area contributed by atoms with Crippen LogP contribution in [0.4, 0.5) is 0 Å². The van der Waals surface area contributed by atoms with Crippen LogP contribution in [0.1, 0.15) is 46.5 Å². The van der Waals surface area contributed by atoms with Crippen molar-refractivity contribution < 1.29 is 14.2 Å². The van der Waals surface area contributed by atoms with Gasteiger partial charge in [-0.3, -0.25) is 0 Å². The number of hydrogen-bond donors (Lipinski definition) is 0. The molecule has 1 fully saturated rings. The number of ether oxygens (including phenoxy) is 3. The van der Waals surface area contributed by atoms with Crippen LogP contribution < -0.4 is 0 Å². The molecular weight excluding hydrogens is 252 g/mol. The van der Waals surface area contributed by atoms with E-state index in [4.69, 9.17) is 14.2 Å². The van der Waals surface area contributed by atoms with Gasteiger partial charge in [-0.1, -0.05) is 26.0 Å². The highest BCUT2D eigenvalue weighted by Gasteiger charge is 2.29. The van der Waals surface area contributed by atoms with Gasteiger partial charge in [-0.15, -0.1) is 0 Å². The maximum absolute atomic E-state index is 6.03. The van der Waals surface area contributed by atoms with Gasteiger partial charge in [-0.2, -0.15) is 0 Å². The van der Waals surface area contributed by atoms with Crippen LogP contribution in [0.5, 0.6) is 0 Å². The highest BCUT2D eigenvalue weighted by Crippen LogP contribution is 2.34. The first-order chi connectivity index (χ1) is 9.65. The Balaban J connectivity index is 2.10. The van der Waals surface area contributed by atoms with Gasteiger partial charge in [-0.25, -0.2) is 0 Å². The SMILES string of the molecule is C=C(C)C1CCC(C)CC1OCCOCCOCCC. The lowest BCUT2D eigenvalue weighted by Gasteiger charge is -2.35. The second-order valence-corrected chi connectivity index (χ2v) is 6.01. The van der Waals surface area contributed by atoms with Crippen LogP contribution in [0.3, 0.4) is 0 Å². The summed E-state index contributed by atoms with van der Waals surface area (Å²) in [6.45, 7) is 14.2. The van der Waals surface area contributed by atoms with Crippen LogP contribution in [0, 0.1) is 11.8 Å². The van der Waals surface area contributed by atoms with Gasteiger partial charge in [0.2, 0.25) is 0 Å². The Hall–Kier alpha value is -0.380. The third kappa shape index (κ3) is 6.87. The maximum atomic E-state index is 6.03. The second-order valence-electron chi connectivity index (χ2n) is 6.01. The average molecular weight is 284 g/mol. The molecule has 1 aliphatic rings. The lowest BCUT2D eigenvalue weighted by atomic mass is 9.78. The largest absolute Gasteiger partial charge is 0.379 e. The quantitative estimate of drug-likeness (QED) is 0.451. The Labute approximate surface area is 124 Å². The van der Waals surface area contributed by atoms with E-state index in [2.05, 4.69) is 27.4 Å². The fourth-order valence-corrected chi connectivity index (χ4v) is 2.80. The van der Waals surface area contributed by atoms with Crippen LogP contribution in [0.2, 0.25) is 0 Å². The van der Waals surface area contributed by atoms with Crippen molar-refractivity contribution in [3.05, 3.63) is 12.2 Å². The Bertz CT molecular complexity index is 265. The third-order valence-electron chi connectivity index (χ3n) is 3.97.